The molecule has 2 unspecified atom stereocenters. The highest BCUT2D eigenvalue weighted by Gasteiger charge is 2.18. The van der Waals surface area contributed by atoms with Gasteiger partial charge in [-0.1, -0.05) is 12.2 Å². The van der Waals surface area contributed by atoms with Crippen molar-refractivity contribution in [2.75, 3.05) is 0 Å². The summed E-state index contributed by atoms with van der Waals surface area (Å²) in [5.74, 6) is -0.882. The lowest BCUT2D eigenvalue weighted by molar-refractivity contribution is -0.158. The molecule has 0 heterocycles. The van der Waals surface area contributed by atoms with E-state index in [0.29, 0.717) is 0 Å². The van der Waals surface area contributed by atoms with Crippen molar-refractivity contribution in [2.24, 2.45) is 0 Å². The highest BCUT2D eigenvalue weighted by molar-refractivity contribution is 5.82. The lowest BCUT2D eigenvalue weighted by Gasteiger charge is -2.19. The van der Waals surface area contributed by atoms with Gasteiger partial charge >= 0.3 is 11.9 Å². The average molecular weight is 226 g/mol. The monoisotopic (exact) mass is 226 g/mol. The van der Waals surface area contributed by atoms with E-state index in [0.717, 1.165) is 0 Å². The maximum atomic E-state index is 11.1. The van der Waals surface area contributed by atoms with E-state index < -0.39 is 24.1 Å². The molecular formula is C12H18O4. The van der Waals surface area contributed by atoms with Gasteiger partial charge in [-0.2, -0.15) is 0 Å². The van der Waals surface area contributed by atoms with E-state index in [4.69, 9.17) is 9.47 Å². The minimum atomic E-state index is -0.474. The zero-order valence-corrected chi connectivity index (χ0v) is 10.1. The van der Waals surface area contributed by atoms with E-state index in [1.165, 1.54) is 12.2 Å². The molecule has 16 heavy (non-hydrogen) atoms. The summed E-state index contributed by atoms with van der Waals surface area (Å²) >= 11 is 0. The first kappa shape index (κ1) is 14.4. The number of hydrogen-bond donors (Lipinski definition) is 0. The molecule has 0 aromatic heterocycles. The second-order valence-electron chi connectivity index (χ2n) is 3.28. The van der Waals surface area contributed by atoms with Gasteiger partial charge in [0.2, 0.25) is 0 Å². The van der Waals surface area contributed by atoms with Crippen LogP contribution in [0.1, 0.15) is 27.7 Å². The van der Waals surface area contributed by atoms with Crippen molar-refractivity contribution in [2.45, 2.75) is 39.9 Å². The van der Waals surface area contributed by atoms with Crippen LogP contribution in [0.4, 0.5) is 0 Å². The van der Waals surface area contributed by atoms with Crippen LogP contribution in [0.5, 0.6) is 0 Å². The van der Waals surface area contributed by atoms with E-state index in [1.54, 1.807) is 39.8 Å². The summed E-state index contributed by atoms with van der Waals surface area (Å²) < 4.78 is 10.0. The van der Waals surface area contributed by atoms with Gasteiger partial charge in [-0.25, -0.2) is 9.59 Å². The first-order chi connectivity index (χ1) is 7.51. The smallest absolute Gasteiger partial charge is 0.330 e. The molecule has 2 atom stereocenters. The maximum absolute atomic E-state index is 11.1. The third-order valence-corrected chi connectivity index (χ3v) is 1.87. The normalized spacial score (nSPS) is 15.0. The van der Waals surface area contributed by atoms with E-state index in [9.17, 15) is 9.59 Å². The predicted molar refractivity (Wildman–Crippen MR) is 60.7 cm³/mol. The topological polar surface area (TPSA) is 52.6 Å². The highest BCUT2D eigenvalue weighted by Crippen LogP contribution is 2.04. The largest absolute Gasteiger partial charge is 0.456 e. The third kappa shape index (κ3) is 6.01. The Bertz CT molecular complexity index is 261. The zero-order chi connectivity index (χ0) is 12.6. The van der Waals surface area contributed by atoms with Gasteiger partial charge in [-0.15, -0.1) is 0 Å². The van der Waals surface area contributed by atoms with Crippen LogP contribution in [-0.4, -0.2) is 24.1 Å². The minimum absolute atomic E-state index is 0.441. The van der Waals surface area contributed by atoms with Crippen LogP contribution < -0.4 is 0 Å². The second-order valence-corrected chi connectivity index (χ2v) is 3.28. The van der Waals surface area contributed by atoms with Gasteiger partial charge < -0.3 is 9.47 Å². The van der Waals surface area contributed by atoms with Crippen LogP contribution in [0.25, 0.3) is 0 Å². The maximum Gasteiger partial charge on any atom is 0.330 e. The lowest BCUT2D eigenvalue weighted by Crippen LogP contribution is -2.29. The van der Waals surface area contributed by atoms with Crippen molar-refractivity contribution in [3.63, 3.8) is 0 Å². The fourth-order valence-corrected chi connectivity index (χ4v) is 0.909. The van der Waals surface area contributed by atoms with Gasteiger partial charge in [0.1, 0.15) is 12.2 Å². The van der Waals surface area contributed by atoms with Gasteiger partial charge in [0.05, 0.1) is 0 Å². The molecule has 4 heteroatoms. The van der Waals surface area contributed by atoms with Gasteiger partial charge in [0.25, 0.3) is 0 Å². The number of ether oxygens (including phenoxy) is 2. The first-order valence-corrected chi connectivity index (χ1v) is 5.17. The van der Waals surface area contributed by atoms with E-state index >= 15 is 0 Å². The Morgan fingerprint density at radius 2 is 1.19 bits per heavy atom. The average Bonchev–Trinajstić information content (AvgIpc) is 2.17. The van der Waals surface area contributed by atoms with E-state index in [-0.39, 0.29) is 0 Å². The van der Waals surface area contributed by atoms with Crippen molar-refractivity contribution in [3.8, 4) is 0 Å². The van der Waals surface area contributed by atoms with Gasteiger partial charge in [-0.05, 0) is 27.7 Å². The molecule has 0 aromatic rings. The molecule has 0 saturated carbocycles. The van der Waals surface area contributed by atoms with Crippen molar-refractivity contribution in [1.82, 2.24) is 0 Å². The summed E-state index contributed by atoms with van der Waals surface area (Å²) in [5.41, 5.74) is 0. The predicted octanol–water partition coefficient (Wildman–Crippen LogP) is 2.00. The van der Waals surface area contributed by atoms with Gasteiger partial charge in [-0.3, -0.25) is 0 Å². The molecule has 0 bridgehead atoms. The Labute approximate surface area is 95.9 Å². The molecular weight excluding hydrogens is 208 g/mol. The summed E-state index contributed by atoms with van der Waals surface area (Å²) in [6.45, 7) is 6.80. The van der Waals surface area contributed by atoms with Gasteiger partial charge in [0, 0.05) is 12.2 Å². The van der Waals surface area contributed by atoms with E-state index in [2.05, 4.69) is 0 Å². The van der Waals surface area contributed by atoms with Crippen molar-refractivity contribution in [1.29, 1.82) is 0 Å². The zero-order valence-electron chi connectivity index (χ0n) is 10.1. The van der Waals surface area contributed by atoms with Crippen molar-refractivity contribution in [3.05, 3.63) is 24.3 Å². The van der Waals surface area contributed by atoms with Crippen LogP contribution in [0.3, 0.4) is 0 Å². The molecule has 0 rings (SSSR count). The number of carbonyl (C=O) groups is 2. The summed E-state index contributed by atoms with van der Waals surface area (Å²) in [4.78, 5) is 22.2. The molecule has 0 aromatic carbocycles. The molecule has 0 saturated heterocycles. The summed E-state index contributed by atoms with van der Waals surface area (Å²) in [5, 5.41) is 0. The number of rotatable bonds is 5. The van der Waals surface area contributed by atoms with Crippen molar-refractivity contribution >= 4 is 11.9 Å². The minimum Gasteiger partial charge on any atom is -0.456 e. The third-order valence-electron chi connectivity index (χ3n) is 1.87. The van der Waals surface area contributed by atoms with Crippen molar-refractivity contribution < 1.29 is 19.1 Å². The number of esters is 2. The summed E-state index contributed by atoms with van der Waals surface area (Å²) in [6.07, 6.45) is 4.86. The molecule has 0 amide bonds. The Hall–Kier alpha value is -1.58. The number of allylic oxidation sites excluding steroid dienone is 2. The number of hydrogen-bond acceptors (Lipinski definition) is 4. The Balaban J connectivity index is 4.13. The molecule has 90 valence electrons. The molecule has 0 fully saturated rings. The standard InChI is InChI=1S/C12H18O4/c1-5-7-11(13)15-9(3)10(4)16-12(14)8-6-2/h5-10H,1-4H3/b7-5-,8-6-. The lowest BCUT2D eigenvalue weighted by atomic mass is 10.2. The Kier molecular flexibility index (Phi) is 6.92. The molecule has 0 radical (unpaired) electrons. The Morgan fingerprint density at radius 3 is 1.44 bits per heavy atom. The molecule has 0 aliphatic rings. The fraction of sp³-hybridized carbons (Fsp3) is 0.500. The molecule has 0 aliphatic heterocycles. The molecule has 0 spiro atoms. The van der Waals surface area contributed by atoms with Crippen LogP contribution in [0.15, 0.2) is 24.3 Å². The van der Waals surface area contributed by atoms with Gasteiger partial charge in [0.15, 0.2) is 0 Å². The van der Waals surface area contributed by atoms with Crippen LogP contribution in [0, 0.1) is 0 Å². The van der Waals surface area contributed by atoms with Crippen LogP contribution >= 0.6 is 0 Å². The fourth-order valence-electron chi connectivity index (χ4n) is 0.909. The molecule has 0 N–H and O–H groups in total. The highest BCUT2D eigenvalue weighted by atomic mass is 16.6. The van der Waals surface area contributed by atoms with Crippen LogP contribution in [-0.2, 0) is 19.1 Å². The van der Waals surface area contributed by atoms with E-state index in [1.807, 2.05) is 0 Å². The SMILES string of the molecule is C/C=C\C(=O)OC(C)C(C)OC(=O)/C=C\C. The molecule has 4 nitrogen and oxygen atoms in total. The second kappa shape index (κ2) is 7.68. The summed E-state index contributed by atoms with van der Waals surface area (Å²) in [6, 6.07) is 0. The molecule has 0 aliphatic carbocycles. The first-order valence-electron chi connectivity index (χ1n) is 5.17. The Morgan fingerprint density at radius 1 is 0.875 bits per heavy atom. The quantitative estimate of drug-likeness (QED) is 0.531. The number of carbonyl (C=O) groups excluding carboxylic acids is 2. The summed E-state index contributed by atoms with van der Waals surface area (Å²) in [7, 11) is 0. The van der Waals surface area contributed by atoms with Crippen LogP contribution in [0.2, 0.25) is 0 Å².